The Bertz CT molecular complexity index is 1600. The minimum Gasteiger partial charge on any atom is -0.266 e. The van der Waals surface area contributed by atoms with Crippen LogP contribution in [0.25, 0.3) is 28.2 Å². The fourth-order valence-corrected chi connectivity index (χ4v) is 5.57. The molecule has 0 saturated heterocycles. The SMILES string of the molecule is O=C(Nn1c(-c2ccc(Br)cc2)csc1=S)c1nn(-c2ccccc2)c2c1Cc1ccccc1-2. The molecule has 6 rings (SSSR count). The lowest BCUT2D eigenvalue weighted by molar-refractivity contribution is 0.100. The molecule has 5 nitrogen and oxygen atoms in total. The van der Waals surface area contributed by atoms with Crippen molar-refractivity contribution >= 4 is 45.4 Å². The van der Waals surface area contributed by atoms with Gasteiger partial charge in [0.05, 0.1) is 17.1 Å². The summed E-state index contributed by atoms with van der Waals surface area (Å²) in [7, 11) is 0. The smallest absolute Gasteiger partial charge is 0.266 e. The topological polar surface area (TPSA) is 51.9 Å². The molecule has 8 heteroatoms. The van der Waals surface area contributed by atoms with Crippen LogP contribution in [0.1, 0.15) is 21.6 Å². The summed E-state index contributed by atoms with van der Waals surface area (Å²) in [6.07, 6.45) is 0.662. The Morgan fingerprint density at radius 3 is 2.53 bits per heavy atom. The number of para-hydroxylation sites is 1. The number of rotatable bonds is 4. The number of benzene rings is 3. The molecule has 1 aliphatic rings. The summed E-state index contributed by atoms with van der Waals surface area (Å²) < 4.78 is 5.09. The summed E-state index contributed by atoms with van der Waals surface area (Å²) in [4.78, 5) is 13.6. The quantitative estimate of drug-likeness (QED) is 0.247. The van der Waals surface area contributed by atoms with Crippen molar-refractivity contribution in [3.63, 3.8) is 0 Å². The molecule has 1 amide bonds. The van der Waals surface area contributed by atoms with E-state index in [1.165, 1.54) is 16.9 Å². The summed E-state index contributed by atoms with van der Waals surface area (Å²) in [5, 5.41) is 6.73. The van der Waals surface area contributed by atoms with Crippen molar-refractivity contribution in [1.29, 1.82) is 0 Å². The highest BCUT2D eigenvalue weighted by atomic mass is 79.9. The van der Waals surface area contributed by atoms with Crippen LogP contribution in [0, 0.1) is 3.95 Å². The third-order valence-corrected chi connectivity index (χ3v) is 7.61. The van der Waals surface area contributed by atoms with Gasteiger partial charge in [-0.2, -0.15) is 5.10 Å². The number of halogens is 1. The molecular formula is C26H17BrN4OS2. The zero-order valence-corrected chi connectivity index (χ0v) is 21.0. The maximum atomic E-state index is 13.6. The van der Waals surface area contributed by atoms with E-state index in [2.05, 4.69) is 33.5 Å². The lowest BCUT2D eigenvalue weighted by atomic mass is 10.1. The molecule has 1 aliphatic carbocycles. The molecule has 0 aliphatic heterocycles. The first-order valence-corrected chi connectivity index (χ1v) is 12.7. The number of nitrogens with one attached hydrogen (secondary N) is 1. The number of fused-ring (bicyclic) bond motifs is 3. The van der Waals surface area contributed by atoms with Gasteiger partial charge in [-0.05, 0) is 42.0 Å². The number of hydrogen-bond acceptors (Lipinski definition) is 4. The number of nitrogens with zero attached hydrogens (tertiary/aromatic N) is 3. The van der Waals surface area contributed by atoms with Gasteiger partial charge in [-0.15, -0.1) is 11.3 Å². The van der Waals surface area contributed by atoms with E-state index in [0.717, 1.165) is 38.2 Å². The fraction of sp³-hybridized carbons (Fsp3) is 0.0385. The highest BCUT2D eigenvalue weighted by Gasteiger charge is 2.31. The number of hydrogen-bond donors (Lipinski definition) is 1. The fourth-order valence-electron chi connectivity index (χ4n) is 4.32. The molecule has 1 N–H and O–H groups in total. The average molecular weight is 545 g/mol. The van der Waals surface area contributed by atoms with Gasteiger partial charge in [0.1, 0.15) is 0 Å². The predicted molar refractivity (Wildman–Crippen MR) is 142 cm³/mol. The van der Waals surface area contributed by atoms with Crippen LogP contribution in [0.2, 0.25) is 0 Å². The van der Waals surface area contributed by atoms with Crippen LogP contribution >= 0.6 is 39.5 Å². The maximum absolute atomic E-state index is 13.6. The summed E-state index contributed by atoms with van der Waals surface area (Å²) >= 11 is 10.4. The van der Waals surface area contributed by atoms with E-state index >= 15 is 0 Å². The van der Waals surface area contributed by atoms with Gasteiger partial charge in [-0.3, -0.25) is 10.2 Å². The molecule has 2 aromatic heterocycles. The predicted octanol–water partition coefficient (Wildman–Crippen LogP) is 6.85. The Balaban J connectivity index is 1.44. The monoisotopic (exact) mass is 544 g/mol. The van der Waals surface area contributed by atoms with Crippen LogP contribution in [-0.2, 0) is 6.42 Å². The first kappa shape index (κ1) is 21.2. The maximum Gasteiger partial charge on any atom is 0.290 e. The summed E-state index contributed by atoms with van der Waals surface area (Å²) in [5.74, 6) is -0.286. The van der Waals surface area contributed by atoms with Gasteiger partial charge >= 0.3 is 0 Å². The van der Waals surface area contributed by atoms with E-state index in [0.29, 0.717) is 16.1 Å². The van der Waals surface area contributed by atoms with Crippen molar-refractivity contribution in [1.82, 2.24) is 14.5 Å². The van der Waals surface area contributed by atoms with Gasteiger partial charge in [0.2, 0.25) is 0 Å². The van der Waals surface area contributed by atoms with Crippen molar-refractivity contribution in [2.24, 2.45) is 0 Å². The first-order valence-electron chi connectivity index (χ1n) is 10.6. The van der Waals surface area contributed by atoms with Gasteiger partial charge in [0.25, 0.3) is 5.91 Å². The van der Waals surface area contributed by atoms with Gasteiger partial charge in [-0.25, -0.2) is 9.36 Å². The molecule has 0 saturated carbocycles. The largest absolute Gasteiger partial charge is 0.290 e. The molecule has 166 valence electrons. The van der Waals surface area contributed by atoms with Crippen molar-refractivity contribution in [2.75, 3.05) is 5.43 Å². The number of amides is 1. The van der Waals surface area contributed by atoms with Gasteiger partial charge in [-0.1, -0.05) is 70.5 Å². The van der Waals surface area contributed by atoms with Crippen LogP contribution < -0.4 is 5.43 Å². The molecule has 34 heavy (non-hydrogen) atoms. The number of carbonyl (C=O) groups excluding carboxylic acids is 1. The second kappa shape index (κ2) is 8.47. The van der Waals surface area contributed by atoms with E-state index in [1.807, 2.05) is 76.8 Å². The highest BCUT2D eigenvalue weighted by Crippen LogP contribution is 2.39. The zero-order chi connectivity index (χ0) is 23.2. The molecule has 5 aromatic rings. The van der Waals surface area contributed by atoms with Crippen LogP contribution in [0.15, 0.2) is 88.7 Å². The van der Waals surface area contributed by atoms with Crippen LogP contribution in [0.5, 0.6) is 0 Å². The normalized spacial score (nSPS) is 11.8. The molecule has 0 radical (unpaired) electrons. The van der Waals surface area contributed by atoms with E-state index in [1.54, 1.807) is 4.68 Å². The van der Waals surface area contributed by atoms with Crippen LogP contribution in [0.3, 0.4) is 0 Å². The molecule has 2 heterocycles. The Morgan fingerprint density at radius 2 is 1.74 bits per heavy atom. The van der Waals surface area contributed by atoms with Crippen molar-refractivity contribution in [3.05, 3.63) is 109 Å². The lowest BCUT2D eigenvalue weighted by Crippen LogP contribution is -2.25. The van der Waals surface area contributed by atoms with E-state index in [4.69, 9.17) is 17.3 Å². The van der Waals surface area contributed by atoms with Crippen molar-refractivity contribution in [3.8, 4) is 28.2 Å². The minimum absolute atomic E-state index is 0.286. The van der Waals surface area contributed by atoms with Crippen LogP contribution in [0.4, 0.5) is 0 Å². The third kappa shape index (κ3) is 3.55. The highest BCUT2D eigenvalue weighted by molar-refractivity contribution is 9.10. The Hall–Kier alpha value is -3.33. The second-order valence-corrected chi connectivity index (χ2v) is 10.3. The van der Waals surface area contributed by atoms with E-state index < -0.39 is 0 Å². The number of carbonyl (C=O) groups is 1. The summed E-state index contributed by atoms with van der Waals surface area (Å²) in [6, 6.07) is 26.1. The van der Waals surface area contributed by atoms with Crippen molar-refractivity contribution in [2.45, 2.75) is 6.42 Å². The second-order valence-electron chi connectivity index (χ2n) is 7.93. The number of aromatic nitrogens is 3. The molecular weight excluding hydrogens is 528 g/mol. The van der Waals surface area contributed by atoms with E-state index in [-0.39, 0.29) is 5.91 Å². The summed E-state index contributed by atoms with van der Waals surface area (Å²) in [6.45, 7) is 0. The molecule has 0 atom stereocenters. The lowest BCUT2D eigenvalue weighted by Gasteiger charge is -2.10. The third-order valence-electron chi connectivity index (χ3n) is 5.89. The minimum atomic E-state index is -0.286. The van der Waals surface area contributed by atoms with Crippen LogP contribution in [-0.4, -0.2) is 20.4 Å². The Kier molecular flexibility index (Phi) is 5.28. The average Bonchev–Trinajstić information content (AvgIpc) is 3.53. The first-order chi connectivity index (χ1) is 16.6. The molecule has 0 unspecified atom stereocenters. The Labute approximate surface area is 213 Å². The van der Waals surface area contributed by atoms with E-state index in [9.17, 15) is 4.79 Å². The zero-order valence-electron chi connectivity index (χ0n) is 17.7. The van der Waals surface area contributed by atoms with Gasteiger partial charge in [0, 0.05) is 33.0 Å². The molecule has 3 aromatic carbocycles. The summed E-state index contributed by atoms with van der Waals surface area (Å²) in [5.41, 5.74) is 10.3. The molecule has 0 fully saturated rings. The Morgan fingerprint density at radius 1 is 1.00 bits per heavy atom. The molecule has 0 bridgehead atoms. The molecule has 0 spiro atoms. The standard InChI is InChI=1S/C26H17BrN4OS2/c27-18-12-10-16(11-13-18)22-15-34-26(33)31(22)29-25(32)23-21-14-17-6-4-5-9-20(17)24(21)30(28-23)19-7-2-1-3-8-19/h1-13,15H,14H2,(H,29,32). The van der Waals surface area contributed by atoms with Gasteiger partial charge in [0.15, 0.2) is 9.65 Å². The number of thiazole rings is 1. The van der Waals surface area contributed by atoms with Crippen molar-refractivity contribution < 1.29 is 4.79 Å². The van der Waals surface area contributed by atoms with Gasteiger partial charge < -0.3 is 0 Å².